The second-order valence-electron chi connectivity index (χ2n) is 8.03. The average molecular weight is 447 g/mol. The lowest BCUT2D eigenvalue weighted by molar-refractivity contribution is 0.204. The number of thiocarbonyl (C=S) groups is 1. The summed E-state index contributed by atoms with van der Waals surface area (Å²) in [6.07, 6.45) is 0. The van der Waals surface area contributed by atoms with E-state index in [1.54, 1.807) is 7.11 Å². The quantitative estimate of drug-likeness (QED) is 0.441. The summed E-state index contributed by atoms with van der Waals surface area (Å²) >= 11 is 5.43. The summed E-state index contributed by atoms with van der Waals surface area (Å²) in [7, 11) is 1.67. The van der Waals surface area contributed by atoms with Crippen LogP contribution < -0.4 is 20.4 Å². The van der Waals surface area contributed by atoms with Crippen molar-refractivity contribution in [1.29, 1.82) is 0 Å². The van der Waals surface area contributed by atoms with Crippen LogP contribution in [0.2, 0.25) is 0 Å². The number of methoxy groups -OCH3 is 1. The summed E-state index contributed by atoms with van der Waals surface area (Å²) < 4.78 is 5.08. The molecular formula is C24H26N6OS. The molecule has 2 aromatic carbocycles. The van der Waals surface area contributed by atoms with Gasteiger partial charge in [0.2, 0.25) is 5.95 Å². The highest BCUT2D eigenvalue weighted by Crippen LogP contribution is 2.32. The van der Waals surface area contributed by atoms with Gasteiger partial charge in [-0.3, -0.25) is 0 Å². The molecule has 0 amide bonds. The predicted molar refractivity (Wildman–Crippen MR) is 131 cm³/mol. The minimum absolute atomic E-state index is 0.486. The van der Waals surface area contributed by atoms with Crippen LogP contribution in [0.5, 0.6) is 0 Å². The fraction of sp³-hybridized carbons (Fsp3) is 0.292. The summed E-state index contributed by atoms with van der Waals surface area (Å²) in [5.41, 5.74) is 5.36. The largest absolute Gasteiger partial charge is 0.383 e. The third-order valence-electron chi connectivity index (χ3n) is 5.85. The monoisotopic (exact) mass is 446 g/mol. The molecule has 0 bridgehead atoms. The molecule has 2 N–H and O–H groups in total. The molecule has 2 aliphatic rings. The Balaban J connectivity index is 1.41. The molecule has 3 heterocycles. The van der Waals surface area contributed by atoms with Gasteiger partial charge in [-0.2, -0.15) is 9.97 Å². The van der Waals surface area contributed by atoms with Gasteiger partial charge in [0, 0.05) is 45.9 Å². The standard InChI is InChI=1S/C24H26N6OS/c1-31-11-10-25-24(32)28-23-26-21(29-13-17-6-2-3-7-18(17)14-29)12-22(27-23)30-15-19-8-4-5-9-20(19)16-30/h2-9,12H,10-11,13-16H2,1H3,(H2,25,26,27,28,32). The molecule has 0 radical (unpaired) electrons. The maximum Gasteiger partial charge on any atom is 0.232 e. The van der Waals surface area contributed by atoms with Gasteiger partial charge < -0.3 is 25.2 Å². The van der Waals surface area contributed by atoms with Crippen molar-refractivity contribution in [1.82, 2.24) is 15.3 Å². The molecule has 5 rings (SSSR count). The Morgan fingerprint density at radius 1 is 0.875 bits per heavy atom. The van der Waals surface area contributed by atoms with Crippen molar-refractivity contribution in [2.75, 3.05) is 35.4 Å². The fourth-order valence-corrected chi connectivity index (χ4v) is 4.40. The zero-order chi connectivity index (χ0) is 21.9. The van der Waals surface area contributed by atoms with Gasteiger partial charge in [-0.05, 0) is 34.5 Å². The Morgan fingerprint density at radius 2 is 1.34 bits per heavy atom. The highest BCUT2D eigenvalue weighted by atomic mass is 32.1. The van der Waals surface area contributed by atoms with Crippen LogP contribution in [0.15, 0.2) is 54.6 Å². The normalized spacial score (nSPS) is 14.3. The third kappa shape index (κ3) is 4.37. The molecule has 0 saturated heterocycles. The van der Waals surface area contributed by atoms with E-state index in [4.69, 9.17) is 26.9 Å². The zero-order valence-corrected chi connectivity index (χ0v) is 18.9. The highest BCUT2D eigenvalue weighted by Gasteiger charge is 2.24. The lowest BCUT2D eigenvalue weighted by atomic mass is 10.1. The number of benzene rings is 2. The minimum Gasteiger partial charge on any atom is -0.383 e. The second kappa shape index (κ2) is 9.10. The van der Waals surface area contributed by atoms with Crippen molar-refractivity contribution in [3.05, 3.63) is 76.9 Å². The number of hydrogen-bond donors (Lipinski definition) is 2. The molecule has 1 aromatic heterocycles. The van der Waals surface area contributed by atoms with Crippen LogP contribution in [-0.2, 0) is 30.9 Å². The van der Waals surface area contributed by atoms with Crippen LogP contribution in [0.4, 0.5) is 17.6 Å². The number of nitrogens with one attached hydrogen (secondary N) is 2. The SMILES string of the molecule is COCCNC(=S)Nc1nc(N2Cc3ccccc3C2)cc(N2Cc3ccccc3C2)n1. The van der Waals surface area contributed by atoms with Gasteiger partial charge in [-0.1, -0.05) is 48.5 Å². The van der Waals surface area contributed by atoms with E-state index in [0.29, 0.717) is 24.2 Å². The molecule has 7 nitrogen and oxygen atoms in total. The minimum atomic E-state index is 0.486. The Kier molecular flexibility index (Phi) is 5.87. The first-order valence-corrected chi connectivity index (χ1v) is 11.2. The van der Waals surface area contributed by atoms with Gasteiger partial charge in [0.25, 0.3) is 0 Å². The van der Waals surface area contributed by atoms with Crippen LogP contribution in [0.25, 0.3) is 0 Å². The summed E-state index contributed by atoms with van der Waals surface area (Å²) in [4.78, 5) is 14.2. The summed E-state index contributed by atoms with van der Waals surface area (Å²) in [5, 5.41) is 6.77. The molecule has 3 aromatic rings. The number of nitrogens with zero attached hydrogens (tertiary/aromatic N) is 4. The molecule has 32 heavy (non-hydrogen) atoms. The van der Waals surface area contributed by atoms with E-state index < -0.39 is 0 Å². The van der Waals surface area contributed by atoms with Crippen LogP contribution in [0, 0.1) is 0 Å². The number of hydrogen-bond acceptors (Lipinski definition) is 6. The molecule has 0 spiro atoms. The maximum atomic E-state index is 5.43. The zero-order valence-electron chi connectivity index (χ0n) is 18.0. The van der Waals surface area contributed by atoms with E-state index in [9.17, 15) is 0 Å². The van der Waals surface area contributed by atoms with Crippen molar-refractivity contribution in [2.45, 2.75) is 26.2 Å². The fourth-order valence-electron chi connectivity index (χ4n) is 4.20. The third-order valence-corrected chi connectivity index (χ3v) is 6.09. The first kappa shape index (κ1) is 20.7. The van der Waals surface area contributed by atoms with Crippen molar-refractivity contribution in [3.8, 4) is 0 Å². The molecule has 0 saturated carbocycles. The van der Waals surface area contributed by atoms with Gasteiger partial charge in [0.05, 0.1) is 6.61 Å². The van der Waals surface area contributed by atoms with Crippen molar-refractivity contribution in [2.24, 2.45) is 0 Å². The number of ether oxygens (including phenoxy) is 1. The Labute approximate surface area is 193 Å². The van der Waals surface area contributed by atoms with Gasteiger partial charge in [0.15, 0.2) is 5.11 Å². The topological polar surface area (TPSA) is 65.6 Å². The van der Waals surface area contributed by atoms with Crippen LogP contribution >= 0.6 is 12.2 Å². The molecular weight excluding hydrogens is 420 g/mol. The molecule has 0 atom stereocenters. The van der Waals surface area contributed by atoms with Gasteiger partial charge in [-0.15, -0.1) is 0 Å². The Hall–Kier alpha value is -3.23. The smallest absolute Gasteiger partial charge is 0.232 e. The Bertz CT molecular complexity index is 1010. The number of aromatic nitrogens is 2. The summed E-state index contributed by atoms with van der Waals surface area (Å²) in [6, 6.07) is 19.2. The first-order valence-electron chi connectivity index (χ1n) is 10.8. The number of fused-ring (bicyclic) bond motifs is 2. The first-order chi connectivity index (χ1) is 15.7. The number of anilines is 3. The summed E-state index contributed by atoms with van der Waals surface area (Å²) in [6.45, 7) is 4.54. The molecule has 0 unspecified atom stereocenters. The molecule has 2 aliphatic heterocycles. The summed E-state index contributed by atoms with van der Waals surface area (Å²) in [5.74, 6) is 2.29. The van der Waals surface area contributed by atoms with Crippen molar-refractivity contribution < 1.29 is 4.74 Å². The lowest BCUT2D eigenvalue weighted by Crippen LogP contribution is -2.32. The van der Waals surface area contributed by atoms with E-state index >= 15 is 0 Å². The molecule has 0 aliphatic carbocycles. The van der Waals surface area contributed by atoms with Gasteiger partial charge in [0.1, 0.15) is 11.6 Å². The van der Waals surface area contributed by atoms with Crippen LogP contribution in [0.3, 0.4) is 0 Å². The average Bonchev–Trinajstić information content (AvgIpc) is 3.43. The van der Waals surface area contributed by atoms with Crippen LogP contribution in [-0.4, -0.2) is 35.3 Å². The second-order valence-corrected chi connectivity index (χ2v) is 8.44. The van der Waals surface area contributed by atoms with Crippen molar-refractivity contribution in [3.63, 3.8) is 0 Å². The highest BCUT2D eigenvalue weighted by molar-refractivity contribution is 7.80. The predicted octanol–water partition coefficient (Wildman–Crippen LogP) is 3.45. The Morgan fingerprint density at radius 3 is 1.78 bits per heavy atom. The van der Waals surface area contributed by atoms with E-state index in [-0.39, 0.29) is 0 Å². The number of rotatable bonds is 6. The van der Waals surface area contributed by atoms with Crippen LogP contribution in [0.1, 0.15) is 22.3 Å². The lowest BCUT2D eigenvalue weighted by Gasteiger charge is -2.22. The van der Waals surface area contributed by atoms with Gasteiger partial charge in [-0.25, -0.2) is 0 Å². The van der Waals surface area contributed by atoms with E-state index in [0.717, 1.165) is 37.8 Å². The van der Waals surface area contributed by atoms with E-state index in [1.807, 2.05) is 0 Å². The van der Waals surface area contributed by atoms with Crippen molar-refractivity contribution >= 4 is 34.9 Å². The van der Waals surface area contributed by atoms with E-state index in [1.165, 1.54) is 22.3 Å². The van der Waals surface area contributed by atoms with E-state index in [2.05, 4.69) is 75.0 Å². The maximum absolute atomic E-state index is 5.43. The van der Waals surface area contributed by atoms with Gasteiger partial charge >= 0.3 is 0 Å². The molecule has 8 heteroatoms. The molecule has 164 valence electrons. The molecule has 0 fully saturated rings.